The second-order valence-corrected chi connectivity index (χ2v) is 3.70. The molecule has 0 aliphatic carbocycles. The molecule has 0 N–H and O–H groups in total. The minimum absolute atomic E-state index is 0.508. The maximum absolute atomic E-state index is 5.83. The summed E-state index contributed by atoms with van der Waals surface area (Å²) in [6.45, 7) is 0.508. The molecule has 4 heteroatoms. The SMILES string of the molecule is Cn1cc(COc2cccc(Cl)c2)cn1. The molecule has 0 saturated carbocycles. The number of nitrogens with zero attached hydrogens (tertiary/aromatic N) is 2. The third-order valence-electron chi connectivity index (χ3n) is 1.96. The fourth-order valence-corrected chi connectivity index (χ4v) is 1.45. The highest BCUT2D eigenvalue weighted by Crippen LogP contribution is 2.18. The van der Waals surface area contributed by atoms with Crippen LogP contribution in [0.15, 0.2) is 36.7 Å². The molecule has 1 heterocycles. The summed E-state index contributed by atoms with van der Waals surface area (Å²) in [6.07, 6.45) is 3.70. The summed E-state index contributed by atoms with van der Waals surface area (Å²) in [5.41, 5.74) is 1.04. The van der Waals surface area contributed by atoms with Gasteiger partial charge >= 0.3 is 0 Å². The first-order valence-corrected chi connectivity index (χ1v) is 4.98. The summed E-state index contributed by atoms with van der Waals surface area (Å²) in [5.74, 6) is 0.770. The lowest BCUT2D eigenvalue weighted by Crippen LogP contribution is -1.93. The van der Waals surface area contributed by atoms with E-state index in [1.54, 1.807) is 16.9 Å². The van der Waals surface area contributed by atoms with Crippen molar-refractivity contribution in [3.05, 3.63) is 47.2 Å². The Hall–Kier alpha value is -1.48. The molecule has 1 aromatic carbocycles. The summed E-state index contributed by atoms with van der Waals surface area (Å²) in [4.78, 5) is 0. The monoisotopic (exact) mass is 222 g/mol. The molecule has 0 amide bonds. The van der Waals surface area contributed by atoms with Crippen LogP contribution >= 0.6 is 11.6 Å². The Kier molecular flexibility index (Phi) is 2.92. The minimum atomic E-state index is 0.508. The lowest BCUT2D eigenvalue weighted by molar-refractivity contribution is 0.306. The molecule has 3 nitrogen and oxygen atoms in total. The van der Waals surface area contributed by atoms with E-state index in [0.717, 1.165) is 11.3 Å². The molecule has 0 spiro atoms. The third-order valence-corrected chi connectivity index (χ3v) is 2.20. The Morgan fingerprint density at radius 2 is 2.33 bits per heavy atom. The molecular weight excluding hydrogens is 212 g/mol. The van der Waals surface area contributed by atoms with Gasteiger partial charge in [-0.1, -0.05) is 17.7 Å². The fourth-order valence-electron chi connectivity index (χ4n) is 1.27. The molecule has 0 atom stereocenters. The zero-order valence-electron chi connectivity index (χ0n) is 8.35. The van der Waals surface area contributed by atoms with Gasteiger partial charge in [0.2, 0.25) is 0 Å². The fraction of sp³-hybridized carbons (Fsp3) is 0.182. The number of aryl methyl sites for hydroxylation is 1. The van der Waals surface area contributed by atoms with Crippen molar-refractivity contribution in [2.45, 2.75) is 6.61 Å². The van der Waals surface area contributed by atoms with Gasteiger partial charge in [0.1, 0.15) is 12.4 Å². The Morgan fingerprint density at radius 1 is 1.47 bits per heavy atom. The number of ether oxygens (including phenoxy) is 1. The summed E-state index contributed by atoms with van der Waals surface area (Å²) in [7, 11) is 1.88. The highest BCUT2D eigenvalue weighted by molar-refractivity contribution is 6.30. The molecule has 1 aromatic heterocycles. The van der Waals surface area contributed by atoms with E-state index < -0.39 is 0 Å². The highest BCUT2D eigenvalue weighted by atomic mass is 35.5. The standard InChI is InChI=1S/C11H11ClN2O/c1-14-7-9(6-13-14)8-15-11-4-2-3-10(12)5-11/h2-7H,8H2,1H3. The number of hydrogen-bond donors (Lipinski definition) is 0. The Morgan fingerprint density at radius 3 is 3.00 bits per heavy atom. The first kappa shape index (κ1) is 10.1. The molecule has 0 bridgehead atoms. The number of halogens is 1. The average molecular weight is 223 g/mol. The van der Waals surface area contributed by atoms with Gasteiger partial charge in [-0.2, -0.15) is 5.10 Å². The van der Waals surface area contributed by atoms with Gasteiger partial charge in [0.15, 0.2) is 0 Å². The van der Waals surface area contributed by atoms with Gasteiger partial charge in [0.25, 0.3) is 0 Å². The molecule has 0 fully saturated rings. The smallest absolute Gasteiger partial charge is 0.121 e. The van der Waals surface area contributed by atoms with E-state index in [9.17, 15) is 0 Å². The number of hydrogen-bond acceptors (Lipinski definition) is 2. The topological polar surface area (TPSA) is 27.1 Å². The van der Waals surface area contributed by atoms with E-state index in [1.807, 2.05) is 31.4 Å². The molecule has 0 unspecified atom stereocenters. The van der Waals surface area contributed by atoms with Crippen LogP contribution in [0.1, 0.15) is 5.56 Å². The molecule has 0 saturated heterocycles. The minimum Gasteiger partial charge on any atom is -0.489 e. The summed E-state index contributed by atoms with van der Waals surface area (Å²) >= 11 is 5.83. The quantitative estimate of drug-likeness (QED) is 0.799. The van der Waals surface area contributed by atoms with Crippen molar-refractivity contribution < 1.29 is 4.74 Å². The van der Waals surface area contributed by atoms with Gasteiger partial charge in [0.05, 0.1) is 6.20 Å². The first-order valence-electron chi connectivity index (χ1n) is 4.60. The van der Waals surface area contributed by atoms with Crippen LogP contribution in [-0.4, -0.2) is 9.78 Å². The lowest BCUT2D eigenvalue weighted by atomic mass is 10.3. The van der Waals surface area contributed by atoms with Crippen molar-refractivity contribution in [3.8, 4) is 5.75 Å². The molecule has 0 radical (unpaired) electrons. The van der Waals surface area contributed by atoms with E-state index >= 15 is 0 Å². The van der Waals surface area contributed by atoms with Gasteiger partial charge in [-0.25, -0.2) is 0 Å². The normalized spacial score (nSPS) is 10.3. The molecule has 2 rings (SSSR count). The van der Waals surface area contributed by atoms with Crippen molar-refractivity contribution in [3.63, 3.8) is 0 Å². The van der Waals surface area contributed by atoms with Crippen LogP contribution in [0.2, 0.25) is 5.02 Å². The van der Waals surface area contributed by atoms with Crippen molar-refractivity contribution >= 4 is 11.6 Å². The van der Waals surface area contributed by atoms with Crippen LogP contribution in [-0.2, 0) is 13.7 Å². The predicted molar refractivity (Wildman–Crippen MR) is 59.0 cm³/mol. The van der Waals surface area contributed by atoms with E-state index in [4.69, 9.17) is 16.3 Å². The van der Waals surface area contributed by atoms with Crippen LogP contribution in [0.25, 0.3) is 0 Å². The van der Waals surface area contributed by atoms with Crippen LogP contribution in [0, 0.1) is 0 Å². The average Bonchev–Trinajstić information content (AvgIpc) is 2.62. The zero-order valence-corrected chi connectivity index (χ0v) is 9.11. The summed E-state index contributed by atoms with van der Waals surface area (Å²) in [6, 6.07) is 7.35. The zero-order chi connectivity index (χ0) is 10.7. The van der Waals surface area contributed by atoms with E-state index in [-0.39, 0.29) is 0 Å². The van der Waals surface area contributed by atoms with Gasteiger partial charge in [-0.05, 0) is 18.2 Å². The third kappa shape index (κ3) is 2.73. The Labute approximate surface area is 93.2 Å². The molecule has 2 aromatic rings. The van der Waals surface area contributed by atoms with Crippen LogP contribution in [0.5, 0.6) is 5.75 Å². The molecule has 15 heavy (non-hydrogen) atoms. The van der Waals surface area contributed by atoms with Gasteiger partial charge in [0, 0.05) is 23.8 Å². The molecule has 78 valence electrons. The second kappa shape index (κ2) is 4.36. The number of rotatable bonds is 3. The van der Waals surface area contributed by atoms with Crippen molar-refractivity contribution in [2.24, 2.45) is 7.05 Å². The summed E-state index contributed by atoms with van der Waals surface area (Å²) < 4.78 is 7.30. The van der Waals surface area contributed by atoms with Crippen molar-refractivity contribution in [1.29, 1.82) is 0 Å². The predicted octanol–water partition coefficient (Wildman–Crippen LogP) is 2.65. The lowest BCUT2D eigenvalue weighted by Gasteiger charge is -2.03. The van der Waals surface area contributed by atoms with Gasteiger partial charge in [-0.15, -0.1) is 0 Å². The van der Waals surface area contributed by atoms with Gasteiger partial charge < -0.3 is 4.74 Å². The Balaban J connectivity index is 1.99. The number of aromatic nitrogens is 2. The molecular formula is C11H11ClN2O. The van der Waals surface area contributed by atoms with Gasteiger partial charge in [-0.3, -0.25) is 4.68 Å². The molecule has 0 aliphatic rings. The second-order valence-electron chi connectivity index (χ2n) is 3.27. The largest absolute Gasteiger partial charge is 0.489 e. The van der Waals surface area contributed by atoms with E-state index in [2.05, 4.69) is 5.10 Å². The Bertz CT molecular complexity index is 453. The van der Waals surface area contributed by atoms with Crippen molar-refractivity contribution in [1.82, 2.24) is 9.78 Å². The van der Waals surface area contributed by atoms with Crippen LogP contribution < -0.4 is 4.74 Å². The molecule has 0 aliphatic heterocycles. The first-order chi connectivity index (χ1) is 7.24. The van der Waals surface area contributed by atoms with Crippen LogP contribution in [0.3, 0.4) is 0 Å². The number of benzene rings is 1. The van der Waals surface area contributed by atoms with Crippen molar-refractivity contribution in [2.75, 3.05) is 0 Å². The maximum atomic E-state index is 5.83. The highest BCUT2D eigenvalue weighted by Gasteiger charge is 1.98. The van der Waals surface area contributed by atoms with E-state index in [0.29, 0.717) is 11.6 Å². The maximum Gasteiger partial charge on any atom is 0.121 e. The van der Waals surface area contributed by atoms with E-state index in [1.165, 1.54) is 0 Å². The summed E-state index contributed by atoms with van der Waals surface area (Å²) in [5, 5.41) is 4.74. The van der Waals surface area contributed by atoms with Crippen LogP contribution in [0.4, 0.5) is 0 Å².